The summed E-state index contributed by atoms with van der Waals surface area (Å²) in [5.74, 6) is -0.121. The lowest BCUT2D eigenvalue weighted by Crippen LogP contribution is -2.37. The molecule has 0 saturated heterocycles. The minimum Gasteiger partial charge on any atom is -0.469 e. The standard InChI is InChI=1S/C14H22N2O3S/c1-4-16(5-2)13(17)10-15-9-12-7-6-11(20-12)8-14(18)19-3/h6-7,15H,4-5,8-10H2,1-3H3. The molecule has 0 atom stereocenters. The number of carbonyl (C=O) groups is 2. The highest BCUT2D eigenvalue weighted by atomic mass is 32.1. The largest absolute Gasteiger partial charge is 0.469 e. The zero-order valence-corrected chi connectivity index (χ0v) is 13.1. The second kappa shape index (κ2) is 8.71. The van der Waals surface area contributed by atoms with Gasteiger partial charge >= 0.3 is 5.97 Å². The highest BCUT2D eigenvalue weighted by Gasteiger charge is 2.09. The van der Waals surface area contributed by atoms with Gasteiger partial charge in [0.05, 0.1) is 20.1 Å². The van der Waals surface area contributed by atoms with E-state index >= 15 is 0 Å². The zero-order chi connectivity index (χ0) is 15.0. The third-order valence-corrected chi connectivity index (χ3v) is 4.04. The molecule has 0 spiro atoms. The number of ether oxygens (including phenoxy) is 1. The molecular formula is C14H22N2O3S. The Hall–Kier alpha value is -1.40. The van der Waals surface area contributed by atoms with Gasteiger partial charge in [-0.1, -0.05) is 0 Å². The van der Waals surface area contributed by atoms with Gasteiger partial charge in [0.2, 0.25) is 5.91 Å². The van der Waals surface area contributed by atoms with E-state index in [1.165, 1.54) is 7.11 Å². The van der Waals surface area contributed by atoms with E-state index in [9.17, 15) is 9.59 Å². The first-order valence-electron chi connectivity index (χ1n) is 6.73. The summed E-state index contributed by atoms with van der Waals surface area (Å²) in [5, 5.41) is 3.13. The number of hydrogen-bond acceptors (Lipinski definition) is 5. The Balaban J connectivity index is 2.35. The van der Waals surface area contributed by atoms with Gasteiger partial charge in [-0.25, -0.2) is 0 Å². The second-order valence-corrected chi connectivity index (χ2v) is 5.54. The van der Waals surface area contributed by atoms with Crippen molar-refractivity contribution in [2.45, 2.75) is 26.8 Å². The summed E-state index contributed by atoms with van der Waals surface area (Å²) in [4.78, 5) is 26.8. The van der Waals surface area contributed by atoms with E-state index in [-0.39, 0.29) is 11.9 Å². The summed E-state index contributed by atoms with van der Waals surface area (Å²) in [6, 6.07) is 3.89. The first-order chi connectivity index (χ1) is 9.60. The van der Waals surface area contributed by atoms with Crippen LogP contribution in [0.4, 0.5) is 0 Å². The Labute approximate surface area is 123 Å². The number of thiophene rings is 1. The van der Waals surface area contributed by atoms with Crippen LogP contribution in [0.3, 0.4) is 0 Å². The number of methoxy groups -OCH3 is 1. The third-order valence-electron chi connectivity index (χ3n) is 2.96. The summed E-state index contributed by atoms with van der Waals surface area (Å²) < 4.78 is 4.63. The summed E-state index contributed by atoms with van der Waals surface area (Å²) >= 11 is 1.56. The van der Waals surface area contributed by atoms with Crippen molar-refractivity contribution in [3.63, 3.8) is 0 Å². The molecule has 1 amide bonds. The third kappa shape index (κ3) is 5.30. The van der Waals surface area contributed by atoms with Crippen molar-refractivity contribution in [1.82, 2.24) is 10.2 Å². The molecule has 1 aromatic heterocycles. The first kappa shape index (κ1) is 16.7. The molecule has 0 radical (unpaired) electrons. The summed E-state index contributed by atoms with van der Waals surface area (Å²) in [6.07, 6.45) is 0.305. The lowest BCUT2D eigenvalue weighted by Gasteiger charge is -2.18. The molecule has 0 aliphatic rings. The van der Waals surface area contributed by atoms with E-state index in [2.05, 4.69) is 10.1 Å². The molecule has 0 fully saturated rings. The second-order valence-electron chi connectivity index (χ2n) is 4.29. The predicted octanol–water partition coefficient (Wildman–Crippen LogP) is 1.42. The smallest absolute Gasteiger partial charge is 0.310 e. The van der Waals surface area contributed by atoms with E-state index in [1.807, 2.05) is 26.0 Å². The Kier molecular flexibility index (Phi) is 7.25. The fraction of sp³-hybridized carbons (Fsp3) is 0.571. The Bertz CT molecular complexity index is 441. The molecule has 0 bridgehead atoms. The van der Waals surface area contributed by atoms with Crippen molar-refractivity contribution in [2.75, 3.05) is 26.7 Å². The van der Waals surface area contributed by atoms with Gasteiger partial charge in [0, 0.05) is 29.4 Å². The SMILES string of the molecule is CCN(CC)C(=O)CNCc1ccc(CC(=O)OC)s1. The Morgan fingerprint density at radius 2 is 1.90 bits per heavy atom. The fourth-order valence-electron chi connectivity index (χ4n) is 1.81. The van der Waals surface area contributed by atoms with Crippen molar-refractivity contribution < 1.29 is 14.3 Å². The number of rotatable bonds is 8. The first-order valence-corrected chi connectivity index (χ1v) is 7.55. The van der Waals surface area contributed by atoms with Gasteiger partial charge in [-0.2, -0.15) is 0 Å². The number of carbonyl (C=O) groups excluding carboxylic acids is 2. The monoisotopic (exact) mass is 298 g/mol. The lowest BCUT2D eigenvalue weighted by molar-refractivity contribution is -0.139. The highest BCUT2D eigenvalue weighted by Crippen LogP contribution is 2.17. The van der Waals surface area contributed by atoms with Crippen molar-refractivity contribution in [2.24, 2.45) is 0 Å². The van der Waals surface area contributed by atoms with Gasteiger partial charge < -0.3 is 15.0 Å². The zero-order valence-electron chi connectivity index (χ0n) is 12.3. The molecule has 1 heterocycles. The lowest BCUT2D eigenvalue weighted by atomic mass is 10.3. The van der Waals surface area contributed by atoms with Gasteiger partial charge in [0.1, 0.15) is 0 Å². The average Bonchev–Trinajstić information content (AvgIpc) is 2.87. The highest BCUT2D eigenvalue weighted by molar-refractivity contribution is 7.12. The topological polar surface area (TPSA) is 58.6 Å². The summed E-state index contributed by atoms with van der Waals surface area (Å²) in [6.45, 7) is 6.39. The molecule has 1 aromatic rings. The van der Waals surface area contributed by atoms with Crippen LogP contribution in [0.25, 0.3) is 0 Å². The number of esters is 1. The van der Waals surface area contributed by atoms with Crippen LogP contribution in [0, 0.1) is 0 Å². The van der Waals surface area contributed by atoms with E-state index in [1.54, 1.807) is 16.2 Å². The predicted molar refractivity (Wildman–Crippen MR) is 79.7 cm³/mol. The van der Waals surface area contributed by atoms with Crippen LogP contribution in [0.1, 0.15) is 23.6 Å². The molecule has 0 aliphatic carbocycles. The van der Waals surface area contributed by atoms with E-state index in [0.29, 0.717) is 19.5 Å². The van der Waals surface area contributed by atoms with E-state index in [0.717, 1.165) is 22.8 Å². The maximum Gasteiger partial charge on any atom is 0.310 e. The number of hydrogen-bond donors (Lipinski definition) is 1. The summed E-state index contributed by atoms with van der Waals surface area (Å²) in [7, 11) is 1.39. The van der Waals surface area contributed by atoms with Gasteiger partial charge in [-0.3, -0.25) is 9.59 Å². The number of nitrogens with one attached hydrogen (secondary N) is 1. The minimum absolute atomic E-state index is 0.112. The number of likely N-dealkylation sites (N-methyl/N-ethyl adjacent to an activating group) is 1. The molecule has 0 aromatic carbocycles. The van der Waals surface area contributed by atoms with Crippen LogP contribution >= 0.6 is 11.3 Å². The Morgan fingerprint density at radius 3 is 2.50 bits per heavy atom. The van der Waals surface area contributed by atoms with Gasteiger partial charge in [-0.15, -0.1) is 11.3 Å². The molecule has 1 N–H and O–H groups in total. The molecule has 0 aliphatic heterocycles. The Morgan fingerprint density at radius 1 is 1.25 bits per heavy atom. The van der Waals surface area contributed by atoms with E-state index in [4.69, 9.17) is 0 Å². The molecule has 0 unspecified atom stereocenters. The normalized spacial score (nSPS) is 10.3. The van der Waals surface area contributed by atoms with Crippen molar-refractivity contribution in [1.29, 1.82) is 0 Å². The number of nitrogens with zero attached hydrogens (tertiary/aromatic N) is 1. The van der Waals surface area contributed by atoms with Gasteiger partial charge in [-0.05, 0) is 26.0 Å². The van der Waals surface area contributed by atoms with Gasteiger partial charge in [0.25, 0.3) is 0 Å². The van der Waals surface area contributed by atoms with Crippen LogP contribution < -0.4 is 5.32 Å². The van der Waals surface area contributed by atoms with Crippen molar-refractivity contribution in [3.05, 3.63) is 21.9 Å². The quantitative estimate of drug-likeness (QED) is 0.738. The molecule has 1 rings (SSSR count). The van der Waals surface area contributed by atoms with Crippen molar-refractivity contribution in [3.8, 4) is 0 Å². The molecule has 5 nitrogen and oxygen atoms in total. The molecule has 20 heavy (non-hydrogen) atoms. The van der Waals surface area contributed by atoms with Crippen LogP contribution in [0.15, 0.2) is 12.1 Å². The number of amides is 1. The van der Waals surface area contributed by atoms with Crippen LogP contribution in [-0.2, 0) is 27.3 Å². The molecule has 0 saturated carbocycles. The summed E-state index contributed by atoms with van der Waals surface area (Å²) in [5.41, 5.74) is 0. The van der Waals surface area contributed by atoms with E-state index < -0.39 is 0 Å². The average molecular weight is 298 g/mol. The van der Waals surface area contributed by atoms with Crippen LogP contribution in [0.2, 0.25) is 0 Å². The fourth-order valence-corrected chi connectivity index (χ4v) is 2.78. The van der Waals surface area contributed by atoms with Gasteiger partial charge in [0.15, 0.2) is 0 Å². The van der Waals surface area contributed by atoms with Crippen molar-refractivity contribution >= 4 is 23.2 Å². The van der Waals surface area contributed by atoms with Crippen LogP contribution in [-0.4, -0.2) is 43.5 Å². The van der Waals surface area contributed by atoms with Crippen LogP contribution in [0.5, 0.6) is 0 Å². The molecule has 6 heteroatoms. The maximum absolute atomic E-state index is 11.8. The molecular weight excluding hydrogens is 276 g/mol. The molecule has 112 valence electrons. The maximum atomic E-state index is 11.8. The minimum atomic E-state index is -0.233.